The molecule has 12 rings (SSSR count). The predicted molar refractivity (Wildman–Crippen MR) is 320 cm³/mol. The van der Waals surface area contributed by atoms with Gasteiger partial charge in [-0.25, -0.2) is 0 Å². The first kappa shape index (κ1) is 51.6. The van der Waals surface area contributed by atoms with Crippen molar-refractivity contribution >= 4 is 29.8 Å². The lowest BCUT2D eigenvalue weighted by Gasteiger charge is -2.55. The third-order valence-electron chi connectivity index (χ3n) is 22.4. The lowest BCUT2D eigenvalue weighted by atomic mass is 9.30. The van der Waals surface area contributed by atoms with Gasteiger partial charge in [0.1, 0.15) is 5.76 Å². The average Bonchev–Trinajstić information content (AvgIpc) is 3.71. The van der Waals surface area contributed by atoms with Gasteiger partial charge in [-0.2, -0.15) is 0 Å². The molecule has 0 N–H and O–H groups in total. The molecule has 3 heterocycles. The zero-order valence-corrected chi connectivity index (χ0v) is 50.3. The van der Waals surface area contributed by atoms with Gasteiger partial charge in [0.2, 0.25) is 0 Å². The Morgan fingerprint density at radius 3 is 2.01 bits per heavy atom. The van der Waals surface area contributed by atoms with Gasteiger partial charge in [0.15, 0.2) is 5.88 Å². The molecule has 0 bridgehead atoms. The molecule has 6 unspecified atom stereocenters. The lowest BCUT2D eigenvalue weighted by Crippen LogP contribution is -2.59. The number of rotatable bonds is 3. The van der Waals surface area contributed by atoms with E-state index in [0.29, 0.717) is 23.7 Å². The molecule has 3 nitrogen and oxygen atoms in total. The first-order valence-corrected chi connectivity index (χ1v) is 30.1. The zero-order valence-electron chi connectivity index (χ0n) is 50.3. The molecule has 0 amide bonds. The summed E-state index contributed by atoms with van der Waals surface area (Å²) in [5.74, 6) is 3.88. The van der Waals surface area contributed by atoms with Crippen molar-refractivity contribution in [3.05, 3.63) is 139 Å². The highest BCUT2D eigenvalue weighted by atomic mass is 16.4. The lowest BCUT2D eigenvalue weighted by molar-refractivity contribution is 0.123. The van der Waals surface area contributed by atoms with Gasteiger partial charge in [0.25, 0.3) is 6.71 Å². The Kier molecular flexibility index (Phi) is 11.3. The Bertz CT molecular complexity index is 3080. The molecule has 398 valence electrons. The average molecular weight is 1000 g/mol. The van der Waals surface area contributed by atoms with E-state index in [4.69, 9.17) is 4.42 Å². The van der Waals surface area contributed by atoms with E-state index in [-0.39, 0.29) is 62.1 Å². The number of nitrogens with zero attached hydrogens (tertiary/aromatic N) is 2. The molecule has 2 aliphatic heterocycles. The maximum atomic E-state index is 7.86. The quantitative estimate of drug-likeness (QED) is 0.286. The van der Waals surface area contributed by atoms with Crippen molar-refractivity contribution in [2.45, 2.75) is 219 Å². The van der Waals surface area contributed by atoms with E-state index in [9.17, 15) is 0 Å². The molecule has 8 aliphatic carbocycles. The minimum atomic E-state index is 0.0612. The van der Waals surface area contributed by atoms with Gasteiger partial charge in [-0.15, -0.1) is 0 Å². The highest BCUT2D eigenvalue weighted by molar-refractivity contribution is 6.89. The van der Waals surface area contributed by atoms with Crippen LogP contribution >= 0.6 is 0 Å². The van der Waals surface area contributed by atoms with Crippen molar-refractivity contribution in [3.8, 4) is 0 Å². The largest absolute Gasteiger partial charge is 0.441 e. The summed E-state index contributed by atoms with van der Waals surface area (Å²) in [6, 6.07) is 7.95. The summed E-state index contributed by atoms with van der Waals surface area (Å²) >= 11 is 0. The summed E-state index contributed by atoms with van der Waals surface area (Å²) in [5.41, 5.74) is 22.3. The van der Waals surface area contributed by atoms with Gasteiger partial charge in [-0.1, -0.05) is 186 Å². The Labute approximate surface area is 456 Å². The van der Waals surface area contributed by atoms with Crippen LogP contribution in [-0.4, -0.2) is 23.7 Å². The number of benzene rings is 1. The number of fused-ring (bicyclic) bond motifs is 8. The molecule has 75 heavy (non-hydrogen) atoms. The van der Waals surface area contributed by atoms with Crippen LogP contribution < -0.4 is 10.4 Å². The number of allylic oxidation sites excluding steroid dienone is 12. The fraction of sp³-hybridized carbons (Fsp3) is 0.606. The van der Waals surface area contributed by atoms with E-state index in [0.717, 1.165) is 37.3 Å². The summed E-state index contributed by atoms with van der Waals surface area (Å²) in [5, 5.41) is 0. The molecule has 0 radical (unpaired) electrons. The Morgan fingerprint density at radius 1 is 0.680 bits per heavy atom. The van der Waals surface area contributed by atoms with Crippen LogP contribution in [0.2, 0.25) is 0 Å². The summed E-state index contributed by atoms with van der Waals surface area (Å²) in [4.78, 5) is 5.80. The van der Waals surface area contributed by atoms with Gasteiger partial charge >= 0.3 is 0 Å². The van der Waals surface area contributed by atoms with E-state index >= 15 is 0 Å². The molecule has 1 aromatic heterocycles. The predicted octanol–water partition coefficient (Wildman–Crippen LogP) is 18.4. The Hall–Kier alpha value is -4.18. The standard InChI is InChI=1S/C71H95BN2O/c1-42-34-50-53(70(16,17)32-30-67(50,10)11)40-56(42)74-57-37-44(64(2,3)4)24-27-55(57)72-61-47-39-52-54(71(18,19)33-31-69(52,14)15)41-60(47)75-63(61)73(45-25-26-49-51(38-45)68(12,13)29-28-66(49,8)9)58-35-43(36-59(74)62(58)72)46-22-20-21-23-48(46)65(5,6)7/h20-22,24-27,34,36,38,40-42,44,48,52,56,58H,23,28-33,35,37,39H2,1-19H3. The minimum Gasteiger partial charge on any atom is -0.441 e. The van der Waals surface area contributed by atoms with Gasteiger partial charge in [0.05, 0.1) is 12.1 Å². The van der Waals surface area contributed by atoms with Gasteiger partial charge in [-0.3, -0.25) is 0 Å². The molecule has 0 saturated heterocycles. The van der Waals surface area contributed by atoms with Crippen molar-refractivity contribution in [2.75, 3.05) is 4.90 Å². The van der Waals surface area contributed by atoms with Gasteiger partial charge in [-0.05, 0) is 211 Å². The van der Waals surface area contributed by atoms with Gasteiger partial charge in [0, 0.05) is 17.1 Å². The first-order valence-electron chi connectivity index (χ1n) is 30.1. The second-order valence-electron chi connectivity index (χ2n) is 32.2. The molecule has 4 heteroatoms. The van der Waals surface area contributed by atoms with Crippen LogP contribution in [0.15, 0.2) is 121 Å². The third kappa shape index (κ3) is 7.89. The Balaban J connectivity index is 1.18. The second-order valence-corrected chi connectivity index (χ2v) is 32.2. The number of hydrogen-bond donors (Lipinski definition) is 0. The molecule has 2 saturated carbocycles. The molecule has 6 atom stereocenters. The summed E-state index contributed by atoms with van der Waals surface area (Å²) in [7, 11) is 0. The van der Waals surface area contributed by atoms with Crippen molar-refractivity contribution < 1.29 is 4.42 Å². The van der Waals surface area contributed by atoms with Crippen LogP contribution in [0.5, 0.6) is 0 Å². The minimum absolute atomic E-state index is 0.0612. The SMILES string of the molecule is CC1C=C2C(=CC1N1C3=C4B(C5=C1CC(C(C)(C)C)C=C5)c1c(oc5c1CC1C(=C5)C(C)(C)CCC1(C)C)N(c1ccc5c(c1)C(C)(C)CCC5(C)C)C4CC(C1=CC=CCC1C(C)(C)C)=C3)C(C)(C)CCC2(C)C. The van der Waals surface area contributed by atoms with Crippen molar-refractivity contribution in [3.63, 3.8) is 0 Å². The van der Waals surface area contributed by atoms with E-state index in [2.05, 4.69) is 214 Å². The molecule has 1 aromatic carbocycles. The first-order chi connectivity index (χ1) is 34.8. The summed E-state index contributed by atoms with van der Waals surface area (Å²) in [6.07, 6.45) is 35.0. The highest BCUT2D eigenvalue weighted by Crippen LogP contribution is 2.61. The van der Waals surface area contributed by atoms with Crippen LogP contribution in [0.4, 0.5) is 11.6 Å². The topological polar surface area (TPSA) is 19.6 Å². The normalized spacial score (nSPS) is 31.3. The monoisotopic (exact) mass is 1000 g/mol. The molecule has 0 spiro atoms. The van der Waals surface area contributed by atoms with Crippen molar-refractivity contribution in [1.82, 2.24) is 4.90 Å². The zero-order chi connectivity index (χ0) is 53.7. The maximum absolute atomic E-state index is 7.86. The Morgan fingerprint density at radius 2 is 1.33 bits per heavy atom. The van der Waals surface area contributed by atoms with Crippen LogP contribution in [0, 0.1) is 56.2 Å². The summed E-state index contributed by atoms with van der Waals surface area (Å²) in [6.45, 7) is 47.7. The number of furan rings is 1. The molecule has 10 aliphatic rings. The second kappa shape index (κ2) is 16.4. The van der Waals surface area contributed by atoms with E-state index < -0.39 is 0 Å². The summed E-state index contributed by atoms with van der Waals surface area (Å²) < 4.78 is 7.86. The fourth-order valence-corrected chi connectivity index (χ4v) is 16.9. The van der Waals surface area contributed by atoms with Crippen LogP contribution in [0.25, 0.3) is 6.08 Å². The van der Waals surface area contributed by atoms with Crippen molar-refractivity contribution in [2.24, 2.45) is 56.2 Å². The van der Waals surface area contributed by atoms with Gasteiger partial charge < -0.3 is 14.2 Å². The fourth-order valence-electron chi connectivity index (χ4n) is 16.9. The van der Waals surface area contributed by atoms with E-state index in [1.54, 1.807) is 27.9 Å². The van der Waals surface area contributed by atoms with E-state index in [1.165, 1.54) is 88.7 Å². The molecule has 2 fully saturated rings. The van der Waals surface area contributed by atoms with Crippen molar-refractivity contribution in [1.29, 1.82) is 0 Å². The van der Waals surface area contributed by atoms with Crippen LogP contribution in [0.1, 0.15) is 212 Å². The maximum Gasteiger partial charge on any atom is 0.251 e. The smallest absolute Gasteiger partial charge is 0.251 e. The van der Waals surface area contributed by atoms with Crippen LogP contribution in [0.3, 0.4) is 0 Å². The van der Waals surface area contributed by atoms with Crippen LogP contribution in [-0.2, 0) is 17.3 Å². The third-order valence-corrected chi connectivity index (χ3v) is 22.4. The molecular weight excluding hydrogens is 908 g/mol. The molecule has 2 aromatic rings. The van der Waals surface area contributed by atoms with E-state index in [1.807, 2.05) is 0 Å². The number of anilines is 2. The highest BCUT2D eigenvalue weighted by Gasteiger charge is 2.57. The number of hydrogen-bond acceptors (Lipinski definition) is 3. The molecular formula is C71H95BN2O.